The number of benzene rings is 1. The number of carbonyl (C=O) groups excluding carboxylic acids is 1. The van der Waals surface area contributed by atoms with E-state index < -0.39 is 17.8 Å². The van der Waals surface area contributed by atoms with Gasteiger partial charge in [-0.15, -0.1) is 0 Å². The van der Waals surface area contributed by atoms with Crippen molar-refractivity contribution in [3.63, 3.8) is 0 Å². The van der Waals surface area contributed by atoms with Gasteiger partial charge in [0.1, 0.15) is 0 Å². The Hall–Kier alpha value is -3.75. The van der Waals surface area contributed by atoms with Crippen LogP contribution in [-0.4, -0.2) is 25.5 Å². The third-order valence-corrected chi connectivity index (χ3v) is 4.22. The van der Waals surface area contributed by atoms with E-state index in [4.69, 9.17) is 0 Å². The van der Waals surface area contributed by atoms with E-state index in [0.717, 1.165) is 11.6 Å². The number of carbonyl (C=O) groups is 1. The number of pyridine rings is 1. The maximum Gasteiger partial charge on any atom is 0.433 e. The number of rotatable bonds is 4. The van der Waals surface area contributed by atoms with E-state index in [1.54, 1.807) is 12.1 Å². The highest BCUT2D eigenvalue weighted by atomic mass is 19.4. The maximum atomic E-state index is 13.6. The summed E-state index contributed by atoms with van der Waals surface area (Å²) in [4.78, 5) is 20.5. The van der Waals surface area contributed by atoms with Crippen molar-refractivity contribution in [3.05, 3.63) is 83.9 Å². The highest BCUT2D eigenvalue weighted by Crippen LogP contribution is 2.32. The van der Waals surface area contributed by atoms with Crippen molar-refractivity contribution in [2.24, 2.45) is 0 Å². The minimum atomic E-state index is -4.67. The van der Waals surface area contributed by atoms with Crippen molar-refractivity contribution in [2.45, 2.75) is 12.7 Å². The predicted molar refractivity (Wildman–Crippen MR) is 98.8 cm³/mol. The molecule has 6 nitrogen and oxygen atoms in total. The molecule has 0 aliphatic rings. The van der Waals surface area contributed by atoms with E-state index in [1.165, 1.54) is 18.5 Å². The van der Waals surface area contributed by atoms with Crippen molar-refractivity contribution >= 4 is 11.6 Å². The Balaban J connectivity index is 1.71. The fraction of sp³-hybridized carbons (Fsp3) is 0.100. The van der Waals surface area contributed by atoms with Crippen molar-refractivity contribution in [1.29, 1.82) is 0 Å². The number of aromatic nitrogens is 4. The highest BCUT2D eigenvalue weighted by molar-refractivity contribution is 5.93. The van der Waals surface area contributed by atoms with Crippen LogP contribution in [0.25, 0.3) is 16.9 Å². The lowest BCUT2D eigenvalue weighted by atomic mass is 10.1. The first-order valence-corrected chi connectivity index (χ1v) is 8.62. The second-order valence-corrected chi connectivity index (χ2v) is 6.23. The average molecular weight is 397 g/mol. The van der Waals surface area contributed by atoms with Crippen LogP contribution in [0.3, 0.4) is 0 Å². The number of nitrogens with zero attached hydrogens (tertiary/aromatic N) is 4. The minimum Gasteiger partial charge on any atom is -0.347 e. The SMILES string of the molecule is O=C(NCc1ccccc1)c1cc2nc(-c3ccncc3)cc(C(F)(F)F)n2n1. The molecule has 29 heavy (non-hydrogen) atoms. The van der Waals surface area contributed by atoms with Gasteiger partial charge in [0.2, 0.25) is 0 Å². The number of alkyl halides is 3. The Morgan fingerprint density at radius 3 is 2.45 bits per heavy atom. The molecule has 0 spiro atoms. The van der Waals surface area contributed by atoms with Crippen molar-refractivity contribution < 1.29 is 18.0 Å². The number of hydrogen-bond acceptors (Lipinski definition) is 4. The lowest BCUT2D eigenvalue weighted by Crippen LogP contribution is -2.23. The quantitative estimate of drug-likeness (QED) is 0.570. The first kappa shape index (κ1) is 18.6. The van der Waals surface area contributed by atoms with E-state index in [0.29, 0.717) is 10.1 Å². The van der Waals surface area contributed by atoms with E-state index in [1.807, 2.05) is 30.3 Å². The van der Waals surface area contributed by atoms with Gasteiger partial charge >= 0.3 is 6.18 Å². The molecule has 4 aromatic rings. The minimum absolute atomic E-state index is 0.0727. The topological polar surface area (TPSA) is 72.2 Å². The maximum absolute atomic E-state index is 13.6. The Kier molecular flexibility index (Phi) is 4.71. The molecule has 3 heterocycles. The molecule has 146 valence electrons. The third-order valence-electron chi connectivity index (χ3n) is 4.22. The first-order valence-electron chi connectivity index (χ1n) is 8.62. The first-order chi connectivity index (χ1) is 13.9. The molecule has 0 radical (unpaired) electrons. The van der Waals surface area contributed by atoms with Gasteiger partial charge in [-0.2, -0.15) is 18.3 Å². The number of nitrogens with one attached hydrogen (secondary N) is 1. The summed E-state index contributed by atoms with van der Waals surface area (Å²) < 4.78 is 41.4. The molecule has 0 unspecified atom stereocenters. The molecule has 0 aliphatic carbocycles. The lowest BCUT2D eigenvalue weighted by molar-refractivity contribution is -0.142. The van der Waals surface area contributed by atoms with Crippen LogP contribution in [0, 0.1) is 0 Å². The summed E-state index contributed by atoms with van der Waals surface area (Å²) in [6.07, 6.45) is -1.74. The van der Waals surface area contributed by atoms with Crippen molar-refractivity contribution in [3.8, 4) is 11.3 Å². The predicted octanol–water partition coefficient (Wildman–Crippen LogP) is 3.74. The molecular formula is C20H14F3N5O. The van der Waals surface area contributed by atoms with Crippen LogP contribution in [0.2, 0.25) is 0 Å². The summed E-state index contributed by atoms with van der Waals surface area (Å²) in [5.74, 6) is -0.585. The van der Waals surface area contributed by atoms with Gasteiger partial charge in [-0.3, -0.25) is 9.78 Å². The average Bonchev–Trinajstić information content (AvgIpc) is 3.16. The standard InChI is InChI=1S/C20H14F3N5O/c21-20(22,23)17-10-15(14-6-8-24-9-7-14)26-18-11-16(27-28(17)18)19(29)25-12-13-4-2-1-3-5-13/h1-11H,12H2,(H,25,29). The molecule has 0 bridgehead atoms. The van der Waals surface area contributed by atoms with E-state index in [9.17, 15) is 18.0 Å². The van der Waals surface area contributed by atoms with Gasteiger partial charge < -0.3 is 5.32 Å². The Morgan fingerprint density at radius 1 is 1.03 bits per heavy atom. The molecule has 0 atom stereocenters. The second-order valence-electron chi connectivity index (χ2n) is 6.23. The molecule has 0 aliphatic heterocycles. The van der Waals surface area contributed by atoms with Crippen LogP contribution < -0.4 is 5.32 Å². The zero-order chi connectivity index (χ0) is 20.4. The van der Waals surface area contributed by atoms with E-state index in [-0.39, 0.29) is 23.6 Å². The van der Waals surface area contributed by atoms with Crippen molar-refractivity contribution in [2.75, 3.05) is 0 Å². The molecule has 0 saturated heterocycles. The molecule has 1 N–H and O–H groups in total. The molecule has 1 aromatic carbocycles. The number of hydrogen-bond donors (Lipinski definition) is 1. The van der Waals surface area contributed by atoms with Gasteiger partial charge in [-0.05, 0) is 23.8 Å². The largest absolute Gasteiger partial charge is 0.433 e. The summed E-state index contributed by atoms with van der Waals surface area (Å²) in [5, 5.41) is 6.48. The van der Waals surface area contributed by atoms with Crippen LogP contribution in [-0.2, 0) is 12.7 Å². The van der Waals surface area contributed by atoms with Crippen LogP contribution in [0.15, 0.2) is 67.0 Å². The summed E-state index contributed by atoms with van der Waals surface area (Å²) in [7, 11) is 0. The number of halogens is 3. The van der Waals surface area contributed by atoms with Crippen LogP contribution >= 0.6 is 0 Å². The smallest absolute Gasteiger partial charge is 0.347 e. The van der Waals surface area contributed by atoms with Crippen LogP contribution in [0.1, 0.15) is 21.7 Å². The van der Waals surface area contributed by atoms with Crippen molar-refractivity contribution in [1.82, 2.24) is 24.9 Å². The zero-order valence-electron chi connectivity index (χ0n) is 14.9. The molecule has 4 rings (SSSR count). The van der Waals surface area contributed by atoms with Gasteiger partial charge in [-0.1, -0.05) is 30.3 Å². The van der Waals surface area contributed by atoms with Crippen LogP contribution in [0.5, 0.6) is 0 Å². The normalized spacial score (nSPS) is 11.6. The summed E-state index contributed by atoms with van der Waals surface area (Å²) in [6, 6.07) is 14.4. The summed E-state index contributed by atoms with van der Waals surface area (Å²) in [6.45, 7) is 0.232. The molecule has 3 aromatic heterocycles. The van der Waals surface area contributed by atoms with Gasteiger partial charge in [0.05, 0.1) is 5.69 Å². The Bertz CT molecular complexity index is 1160. The van der Waals surface area contributed by atoms with Gasteiger partial charge in [-0.25, -0.2) is 9.50 Å². The van der Waals surface area contributed by atoms with Gasteiger partial charge in [0.25, 0.3) is 5.91 Å². The van der Waals surface area contributed by atoms with E-state index >= 15 is 0 Å². The second kappa shape index (κ2) is 7.34. The summed E-state index contributed by atoms with van der Waals surface area (Å²) >= 11 is 0. The monoisotopic (exact) mass is 397 g/mol. The fourth-order valence-corrected chi connectivity index (χ4v) is 2.83. The van der Waals surface area contributed by atoms with Gasteiger partial charge in [0, 0.05) is 30.6 Å². The number of amides is 1. The third kappa shape index (κ3) is 3.93. The Labute approximate surface area is 163 Å². The van der Waals surface area contributed by atoms with Gasteiger partial charge in [0.15, 0.2) is 17.0 Å². The summed E-state index contributed by atoms with van der Waals surface area (Å²) in [5.41, 5.74) is 0.213. The molecule has 0 fully saturated rings. The fourth-order valence-electron chi connectivity index (χ4n) is 2.83. The highest BCUT2D eigenvalue weighted by Gasteiger charge is 2.35. The van der Waals surface area contributed by atoms with Crippen LogP contribution in [0.4, 0.5) is 13.2 Å². The molecule has 9 heteroatoms. The lowest BCUT2D eigenvalue weighted by Gasteiger charge is -2.10. The van der Waals surface area contributed by atoms with E-state index in [2.05, 4.69) is 20.4 Å². The molecular weight excluding hydrogens is 383 g/mol. The molecule has 0 saturated carbocycles. The number of fused-ring (bicyclic) bond motifs is 1. The zero-order valence-corrected chi connectivity index (χ0v) is 14.9. The molecule has 1 amide bonds. The Morgan fingerprint density at radius 2 is 1.76 bits per heavy atom.